The van der Waals surface area contributed by atoms with E-state index in [-0.39, 0.29) is 12.0 Å². The van der Waals surface area contributed by atoms with Crippen LogP contribution in [0.15, 0.2) is 28.7 Å². The van der Waals surface area contributed by atoms with E-state index in [1.165, 1.54) is 0 Å². The van der Waals surface area contributed by atoms with Crippen molar-refractivity contribution in [2.45, 2.75) is 31.8 Å². The van der Waals surface area contributed by atoms with Gasteiger partial charge >= 0.3 is 0 Å². The Morgan fingerprint density at radius 2 is 2.41 bits per heavy atom. The average Bonchev–Trinajstić information content (AvgIpc) is 2.79. The summed E-state index contributed by atoms with van der Waals surface area (Å²) in [5, 5.41) is 2.88. The highest BCUT2D eigenvalue weighted by atomic mass is 79.9. The molecule has 1 fully saturated rings. The number of amides is 1. The summed E-state index contributed by atoms with van der Waals surface area (Å²) in [6.45, 7) is 0.845. The number of ether oxygens (including phenoxy) is 1. The summed E-state index contributed by atoms with van der Waals surface area (Å²) in [5.74, 6) is 0.0543. The Morgan fingerprint density at radius 1 is 1.53 bits per heavy atom. The Kier molecular flexibility index (Phi) is 4.57. The minimum Gasteiger partial charge on any atom is -0.378 e. The molecule has 17 heavy (non-hydrogen) atoms. The zero-order valence-electron chi connectivity index (χ0n) is 9.62. The van der Waals surface area contributed by atoms with Crippen LogP contribution in [0.1, 0.15) is 25.7 Å². The Hall–Kier alpha value is -0.870. The zero-order chi connectivity index (χ0) is 12.1. The lowest BCUT2D eigenvalue weighted by Crippen LogP contribution is -2.15. The molecule has 0 bridgehead atoms. The van der Waals surface area contributed by atoms with Gasteiger partial charge in [0.15, 0.2) is 0 Å². The van der Waals surface area contributed by atoms with Crippen LogP contribution >= 0.6 is 15.9 Å². The smallest absolute Gasteiger partial charge is 0.224 e. The molecular weight excluding hydrogens is 282 g/mol. The fourth-order valence-corrected chi connectivity index (χ4v) is 2.35. The second-order valence-corrected chi connectivity index (χ2v) is 5.15. The van der Waals surface area contributed by atoms with Gasteiger partial charge in [-0.1, -0.05) is 22.0 Å². The minimum atomic E-state index is 0.0543. The van der Waals surface area contributed by atoms with E-state index in [4.69, 9.17) is 4.74 Å². The molecular formula is C13H16BrNO2. The maximum atomic E-state index is 11.7. The molecule has 0 saturated carbocycles. The van der Waals surface area contributed by atoms with Crippen molar-refractivity contribution in [1.29, 1.82) is 0 Å². The number of anilines is 1. The van der Waals surface area contributed by atoms with Gasteiger partial charge < -0.3 is 10.1 Å². The van der Waals surface area contributed by atoms with E-state index < -0.39 is 0 Å². The van der Waals surface area contributed by atoms with Gasteiger partial charge in [0.05, 0.1) is 6.10 Å². The molecule has 1 aromatic carbocycles. The first-order chi connectivity index (χ1) is 8.24. The van der Waals surface area contributed by atoms with E-state index in [0.717, 1.165) is 36.0 Å². The van der Waals surface area contributed by atoms with E-state index in [1.807, 2.05) is 24.3 Å². The number of hydrogen-bond donors (Lipinski definition) is 1. The summed E-state index contributed by atoms with van der Waals surface area (Å²) in [4.78, 5) is 11.7. The number of benzene rings is 1. The second kappa shape index (κ2) is 6.17. The van der Waals surface area contributed by atoms with Crippen molar-refractivity contribution in [3.05, 3.63) is 28.7 Å². The van der Waals surface area contributed by atoms with Crippen LogP contribution in [0.4, 0.5) is 5.69 Å². The van der Waals surface area contributed by atoms with Crippen LogP contribution < -0.4 is 5.32 Å². The molecule has 3 nitrogen and oxygen atoms in total. The summed E-state index contributed by atoms with van der Waals surface area (Å²) >= 11 is 3.37. The standard InChI is InChI=1S/C13H16BrNO2/c14-10-3-1-4-11(9-10)15-13(16)7-6-12-5-2-8-17-12/h1,3-4,9,12H,2,5-8H2,(H,15,16)/t12-/m0/s1. The van der Waals surface area contributed by atoms with Crippen molar-refractivity contribution in [3.8, 4) is 0 Å². The lowest BCUT2D eigenvalue weighted by Gasteiger charge is -2.09. The molecule has 1 N–H and O–H groups in total. The molecule has 1 saturated heterocycles. The molecule has 2 rings (SSSR count). The monoisotopic (exact) mass is 297 g/mol. The first-order valence-electron chi connectivity index (χ1n) is 5.91. The van der Waals surface area contributed by atoms with Crippen molar-refractivity contribution in [3.63, 3.8) is 0 Å². The molecule has 0 aliphatic carbocycles. The maximum Gasteiger partial charge on any atom is 0.224 e. The molecule has 1 heterocycles. The van der Waals surface area contributed by atoms with Crippen LogP contribution in [0.2, 0.25) is 0 Å². The highest BCUT2D eigenvalue weighted by Crippen LogP contribution is 2.18. The van der Waals surface area contributed by atoms with Crippen LogP contribution in [0.25, 0.3) is 0 Å². The third-order valence-corrected chi connectivity index (χ3v) is 3.32. The molecule has 1 atom stereocenters. The van der Waals surface area contributed by atoms with Crippen molar-refractivity contribution in [2.75, 3.05) is 11.9 Å². The topological polar surface area (TPSA) is 38.3 Å². The first kappa shape index (κ1) is 12.6. The third kappa shape index (κ3) is 4.13. The van der Waals surface area contributed by atoms with Gasteiger partial charge in [0, 0.05) is 23.2 Å². The molecule has 1 aromatic rings. The van der Waals surface area contributed by atoms with Crippen molar-refractivity contribution in [1.82, 2.24) is 0 Å². The highest BCUT2D eigenvalue weighted by Gasteiger charge is 2.16. The molecule has 1 aliphatic rings. The molecule has 0 unspecified atom stereocenters. The number of hydrogen-bond acceptors (Lipinski definition) is 2. The van der Waals surface area contributed by atoms with Gasteiger partial charge in [-0.05, 0) is 37.5 Å². The highest BCUT2D eigenvalue weighted by molar-refractivity contribution is 9.10. The summed E-state index contributed by atoms with van der Waals surface area (Å²) in [6.07, 6.45) is 3.84. The summed E-state index contributed by atoms with van der Waals surface area (Å²) in [7, 11) is 0. The molecule has 0 aromatic heterocycles. The first-order valence-corrected chi connectivity index (χ1v) is 6.70. The van der Waals surface area contributed by atoms with E-state index in [1.54, 1.807) is 0 Å². The number of rotatable bonds is 4. The third-order valence-electron chi connectivity index (χ3n) is 2.83. The predicted octanol–water partition coefficient (Wildman–Crippen LogP) is 3.35. The lowest BCUT2D eigenvalue weighted by atomic mass is 10.1. The van der Waals surface area contributed by atoms with Crippen LogP contribution in [0.5, 0.6) is 0 Å². The van der Waals surface area contributed by atoms with Crippen LogP contribution in [0.3, 0.4) is 0 Å². The fourth-order valence-electron chi connectivity index (χ4n) is 1.95. The molecule has 92 valence electrons. The summed E-state index contributed by atoms with van der Waals surface area (Å²) in [5.41, 5.74) is 0.830. The van der Waals surface area contributed by atoms with Crippen molar-refractivity contribution in [2.24, 2.45) is 0 Å². The van der Waals surface area contributed by atoms with Gasteiger partial charge in [0.1, 0.15) is 0 Å². The maximum absolute atomic E-state index is 11.7. The van der Waals surface area contributed by atoms with E-state index >= 15 is 0 Å². The van der Waals surface area contributed by atoms with Crippen molar-refractivity contribution >= 4 is 27.5 Å². The molecule has 1 aliphatic heterocycles. The van der Waals surface area contributed by atoms with Crippen LogP contribution in [-0.2, 0) is 9.53 Å². The van der Waals surface area contributed by atoms with Gasteiger partial charge in [-0.15, -0.1) is 0 Å². The molecule has 0 radical (unpaired) electrons. The number of nitrogens with one attached hydrogen (secondary N) is 1. The Labute approximate surface area is 110 Å². The normalized spacial score (nSPS) is 19.2. The number of carbonyl (C=O) groups excluding carboxylic acids is 1. The van der Waals surface area contributed by atoms with Gasteiger partial charge in [0.2, 0.25) is 5.91 Å². The van der Waals surface area contributed by atoms with Gasteiger partial charge in [-0.2, -0.15) is 0 Å². The summed E-state index contributed by atoms with van der Waals surface area (Å²) < 4.78 is 6.45. The quantitative estimate of drug-likeness (QED) is 0.925. The fraction of sp³-hybridized carbons (Fsp3) is 0.462. The Bertz CT molecular complexity index is 389. The largest absolute Gasteiger partial charge is 0.378 e. The Morgan fingerprint density at radius 3 is 3.12 bits per heavy atom. The lowest BCUT2D eigenvalue weighted by molar-refractivity contribution is -0.116. The summed E-state index contributed by atoms with van der Waals surface area (Å²) in [6, 6.07) is 7.61. The molecule has 4 heteroatoms. The predicted molar refractivity (Wildman–Crippen MR) is 71.0 cm³/mol. The van der Waals surface area contributed by atoms with E-state index in [9.17, 15) is 4.79 Å². The van der Waals surface area contributed by atoms with Gasteiger partial charge in [-0.25, -0.2) is 0 Å². The Balaban J connectivity index is 1.76. The van der Waals surface area contributed by atoms with Crippen LogP contribution in [0, 0.1) is 0 Å². The second-order valence-electron chi connectivity index (χ2n) is 4.23. The minimum absolute atomic E-state index is 0.0543. The van der Waals surface area contributed by atoms with E-state index in [0.29, 0.717) is 6.42 Å². The number of carbonyl (C=O) groups is 1. The van der Waals surface area contributed by atoms with Gasteiger partial charge in [-0.3, -0.25) is 4.79 Å². The van der Waals surface area contributed by atoms with Gasteiger partial charge in [0.25, 0.3) is 0 Å². The van der Waals surface area contributed by atoms with E-state index in [2.05, 4.69) is 21.2 Å². The number of halogens is 1. The average molecular weight is 298 g/mol. The SMILES string of the molecule is O=C(CC[C@@H]1CCCO1)Nc1cccc(Br)c1. The van der Waals surface area contributed by atoms with Crippen molar-refractivity contribution < 1.29 is 9.53 Å². The van der Waals surface area contributed by atoms with Crippen LogP contribution in [-0.4, -0.2) is 18.6 Å². The molecule has 1 amide bonds. The zero-order valence-corrected chi connectivity index (χ0v) is 11.2. The molecule has 0 spiro atoms.